The summed E-state index contributed by atoms with van der Waals surface area (Å²) < 4.78 is 0. The second kappa shape index (κ2) is 3.69. The van der Waals surface area contributed by atoms with Gasteiger partial charge in [-0.25, -0.2) is 0 Å². The minimum absolute atomic E-state index is 0.124. The van der Waals surface area contributed by atoms with Gasteiger partial charge in [0, 0.05) is 24.9 Å². The smallest absolute Gasteiger partial charge is 0.294 e. The van der Waals surface area contributed by atoms with Gasteiger partial charge >= 0.3 is 0 Å². The normalized spacial score (nSPS) is 16.5. The average molecular weight is 249 g/mol. The van der Waals surface area contributed by atoms with Gasteiger partial charge in [0.2, 0.25) is 5.91 Å². The number of nitrogens with two attached hydrogens (primary N) is 1. The van der Waals surface area contributed by atoms with Crippen LogP contribution in [0.1, 0.15) is 26.3 Å². The van der Waals surface area contributed by atoms with E-state index in [4.69, 9.17) is 5.73 Å². The number of hydrogen-bond acceptors (Lipinski definition) is 4. The molecule has 1 amide bonds. The molecule has 6 heteroatoms. The molecular formula is C12H15N3O3. The van der Waals surface area contributed by atoms with Crippen molar-refractivity contribution in [2.45, 2.75) is 26.2 Å². The lowest BCUT2D eigenvalue weighted by molar-refractivity contribution is -0.383. The van der Waals surface area contributed by atoms with Crippen molar-refractivity contribution in [3.63, 3.8) is 0 Å². The largest absolute Gasteiger partial charge is 0.393 e. The molecule has 1 heterocycles. The Bertz CT molecular complexity index is 552. The molecule has 0 spiro atoms. The highest BCUT2D eigenvalue weighted by Crippen LogP contribution is 2.44. The number of fused-ring (bicyclic) bond motifs is 1. The van der Waals surface area contributed by atoms with Crippen LogP contribution in [0.2, 0.25) is 0 Å². The Balaban J connectivity index is 2.67. The van der Waals surface area contributed by atoms with Crippen molar-refractivity contribution in [1.29, 1.82) is 0 Å². The maximum atomic E-state index is 11.6. The zero-order chi connectivity index (χ0) is 13.7. The average Bonchev–Trinajstić information content (AvgIpc) is 2.50. The highest BCUT2D eigenvalue weighted by molar-refractivity contribution is 5.96. The monoisotopic (exact) mass is 249 g/mol. The molecule has 1 aromatic carbocycles. The number of carbonyl (C=O) groups is 1. The summed E-state index contributed by atoms with van der Waals surface area (Å²) in [5.41, 5.74) is 6.89. The molecule has 0 atom stereocenters. The first-order chi connectivity index (χ1) is 8.24. The first-order valence-corrected chi connectivity index (χ1v) is 5.60. The van der Waals surface area contributed by atoms with Crippen molar-refractivity contribution >= 4 is 23.0 Å². The standard InChI is InChI=1S/C12H15N3O3/c1-7(16)14-6-12(2,3)8-4-9(13)11(15(17)18)5-10(8)14/h4-5H,6,13H2,1-3H3. The van der Waals surface area contributed by atoms with E-state index in [9.17, 15) is 14.9 Å². The van der Waals surface area contributed by atoms with Crippen molar-refractivity contribution in [3.05, 3.63) is 27.8 Å². The van der Waals surface area contributed by atoms with Crippen LogP contribution in [-0.4, -0.2) is 17.4 Å². The summed E-state index contributed by atoms with van der Waals surface area (Å²) in [5.74, 6) is -0.124. The van der Waals surface area contributed by atoms with E-state index in [0.717, 1.165) is 5.56 Å². The second-order valence-electron chi connectivity index (χ2n) is 5.17. The van der Waals surface area contributed by atoms with Crippen molar-refractivity contribution in [3.8, 4) is 0 Å². The topological polar surface area (TPSA) is 89.5 Å². The van der Waals surface area contributed by atoms with Crippen molar-refractivity contribution in [2.75, 3.05) is 17.2 Å². The van der Waals surface area contributed by atoms with E-state index in [1.807, 2.05) is 13.8 Å². The van der Waals surface area contributed by atoms with Gasteiger partial charge in [0.15, 0.2) is 0 Å². The summed E-state index contributed by atoms with van der Waals surface area (Å²) in [6.45, 7) is 5.94. The van der Waals surface area contributed by atoms with Crippen LogP contribution in [0.25, 0.3) is 0 Å². The zero-order valence-electron chi connectivity index (χ0n) is 10.6. The number of benzene rings is 1. The molecule has 0 aromatic heterocycles. The SMILES string of the molecule is CC(=O)N1CC(C)(C)c2cc(N)c([N+](=O)[O-])cc21. The highest BCUT2D eigenvalue weighted by atomic mass is 16.6. The lowest BCUT2D eigenvalue weighted by atomic mass is 9.86. The third-order valence-electron chi connectivity index (χ3n) is 3.30. The molecule has 1 aliphatic heterocycles. The second-order valence-corrected chi connectivity index (χ2v) is 5.17. The number of nitro groups is 1. The Kier molecular flexibility index (Phi) is 2.53. The van der Waals surface area contributed by atoms with E-state index >= 15 is 0 Å². The molecule has 0 radical (unpaired) electrons. The molecule has 2 N–H and O–H groups in total. The van der Waals surface area contributed by atoms with Crippen LogP contribution in [0.5, 0.6) is 0 Å². The minimum atomic E-state index is -0.529. The maximum Gasteiger partial charge on any atom is 0.294 e. The molecule has 18 heavy (non-hydrogen) atoms. The Morgan fingerprint density at radius 2 is 2.11 bits per heavy atom. The summed E-state index contributed by atoms with van der Waals surface area (Å²) in [6, 6.07) is 3.00. The van der Waals surface area contributed by atoms with Crippen LogP contribution in [0.15, 0.2) is 12.1 Å². The molecule has 6 nitrogen and oxygen atoms in total. The van der Waals surface area contributed by atoms with E-state index < -0.39 is 4.92 Å². The van der Waals surface area contributed by atoms with Crippen molar-refractivity contribution in [2.24, 2.45) is 0 Å². The number of nitrogen functional groups attached to an aromatic ring is 1. The fourth-order valence-corrected chi connectivity index (χ4v) is 2.36. The van der Waals surface area contributed by atoms with Crippen LogP contribution in [0, 0.1) is 10.1 Å². The van der Waals surface area contributed by atoms with E-state index in [2.05, 4.69) is 0 Å². The molecule has 0 unspecified atom stereocenters. The first-order valence-electron chi connectivity index (χ1n) is 5.60. The number of hydrogen-bond donors (Lipinski definition) is 1. The van der Waals surface area contributed by atoms with Gasteiger partial charge in [-0.1, -0.05) is 13.8 Å². The van der Waals surface area contributed by atoms with Crippen molar-refractivity contribution in [1.82, 2.24) is 0 Å². The van der Waals surface area contributed by atoms with Gasteiger partial charge in [0.1, 0.15) is 5.69 Å². The summed E-state index contributed by atoms with van der Waals surface area (Å²) in [7, 11) is 0. The van der Waals surface area contributed by atoms with Gasteiger partial charge in [0.05, 0.1) is 10.6 Å². The van der Waals surface area contributed by atoms with Gasteiger partial charge in [-0.15, -0.1) is 0 Å². The third kappa shape index (κ3) is 1.70. The first kappa shape index (κ1) is 12.3. The van der Waals surface area contributed by atoms with Gasteiger partial charge < -0.3 is 10.6 Å². The molecule has 0 fully saturated rings. The molecule has 2 rings (SSSR count). The molecule has 0 bridgehead atoms. The third-order valence-corrected chi connectivity index (χ3v) is 3.30. The summed E-state index contributed by atoms with van der Waals surface area (Å²) >= 11 is 0. The molecule has 0 aliphatic carbocycles. The van der Waals surface area contributed by atoms with Crippen LogP contribution in [0.3, 0.4) is 0 Å². The molecule has 1 aromatic rings. The molecule has 1 aliphatic rings. The molecule has 0 saturated heterocycles. The molecule has 0 saturated carbocycles. The Labute approximate surface area is 105 Å². The lowest BCUT2D eigenvalue weighted by Gasteiger charge is -2.19. The quantitative estimate of drug-likeness (QED) is 0.467. The highest BCUT2D eigenvalue weighted by Gasteiger charge is 2.38. The van der Waals surface area contributed by atoms with E-state index in [1.165, 1.54) is 13.0 Å². The Morgan fingerprint density at radius 3 is 2.61 bits per heavy atom. The number of rotatable bonds is 1. The Hall–Kier alpha value is -2.11. The zero-order valence-corrected chi connectivity index (χ0v) is 10.6. The van der Waals surface area contributed by atoms with Gasteiger partial charge in [-0.05, 0) is 11.6 Å². The van der Waals surface area contributed by atoms with E-state index in [-0.39, 0.29) is 22.7 Å². The van der Waals surface area contributed by atoms with Crippen LogP contribution in [-0.2, 0) is 10.2 Å². The van der Waals surface area contributed by atoms with Gasteiger partial charge in [0.25, 0.3) is 5.69 Å². The predicted molar refractivity (Wildman–Crippen MR) is 68.6 cm³/mol. The van der Waals surface area contributed by atoms with Gasteiger partial charge in [-0.3, -0.25) is 14.9 Å². The number of carbonyl (C=O) groups excluding carboxylic acids is 1. The fraction of sp³-hybridized carbons (Fsp3) is 0.417. The summed E-state index contributed by atoms with van der Waals surface area (Å²) in [5, 5.41) is 10.9. The predicted octanol–water partition coefficient (Wildman–Crippen LogP) is 1.82. The fourth-order valence-electron chi connectivity index (χ4n) is 2.36. The number of nitro benzene ring substituents is 1. The number of anilines is 2. The van der Waals surface area contributed by atoms with E-state index in [1.54, 1.807) is 11.0 Å². The number of amides is 1. The van der Waals surface area contributed by atoms with Crippen molar-refractivity contribution < 1.29 is 9.72 Å². The van der Waals surface area contributed by atoms with Crippen LogP contribution < -0.4 is 10.6 Å². The minimum Gasteiger partial charge on any atom is -0.393 e. The van der Waals surface area contributed by atoms with Crippen LogP contribution >= 0.6 is 0 Å². The maximum absolute atomic E-state index is 11.6. The summed E-state index contributed by atoms with van der Waals surface area (Å²) in [6.07, 6.45) is 0. The molecular weight excluding hydrogens is 234 g/mol. The van der Waals surface area contributed by atoms with Crippen LogP contribution in [0.4, 0.5) is 17.1 Å². The summed E-state index contributed by atoms with van der Waals surface area (Å²) in [4.78, 5) is 23.5. The van der Waals surface area contributed by atoms with E-state index in [0.29, 0.717) is 12.2 Å². The lowest BCUT2D eigenvalue weighted by Crippen LogP contribution is -2.31. The number of nitrogens with zero attached hydrogens (tertiary/aromatic N) is 2. The Morgan fingerprint density at radius 1 is 1.50 bits per heavy atom. The van der Waals surface area contributed by atoms with Gasteiger partial charge in [-0.2, -0.15) is 0 Å². The molecule has 96 valence electrons.